The smallest absolute Gasteiger partial charge is 0.329 e. The zero-order chi connectivity index (χ0) is 17.6. The van der Waals surface area contributed by atoms with E-state index in [1.807, 2.05) is 42.5 Å². The molecule has 3 rings (SSSR count). The Labute approximate surface area is 145 Å². The molecule has 0 unspecified atom stereocenters. The summed E-state index contributed by atoms with van der Waals surface area (Å²) >= 11 is 0. The Morgan fingerprint density at radius 1 is 1.04 bits per heavy atom. The number of nitrogens with one attached hydrogen (secondary N) is 2. The third kappa shape index (κ3) is 4.44. The van der Waals surface area contributed by atoms with Gasteiger partial charge in [-0.2, -0.15) is 0 Å². The Hall–Kier alpha value is -3.15. The van der Waals surface area contributed by atoms with Crippen molar-refractivity contribution in [3.63, 3.8) is 0 Å². The fourth-order valence-electron chi connectivity index (χ4n) is 2.60. The van der Waals surface area contributed by atoms with E-state index in [9.17, 15) is 14.4 Å². The highest BCUT2D eigenvalue weighted by Gasteiger charge is 2.28. The molecule has 0 aromatic heterocycles. The average Bonchev–Trinajstić information content (AvgIpc) is 3.08. The van der Waals surface area contributed by atoms with Crippen LogP contribution in [0.3, 0.4) is 0 Å². The summed E-state index contributed by atoms with van der Waals surface area (Å²) in [5.41, 5.74) is 2.75. The first-order valence-corrected chi connectivity index (χ1v) is 8.03. The van der Waals surface area contributed by atoms with Crippen molar-refractivity contribution in [2.75, 3.05) is 11.9 Å². The van der Waals surface area contributed by atoms with Crippen molar-refractivity contribution >= 4 is 23.5 Å². The molecule has 6 heteroatoms. The number of rotatable bonds is 5. The van der Waals surface area contributed by atoms with Gasteiger partial charge in [0.05, 0.1) is 0 Å². The molecular formula is C19H18N2O4. The Morgan fingerprint density at radius 2 is 1.72 bits per heavy atom. The molecule has 2 N–H and O–H groups in total. The summed E-state index contributed by atoms with van der Waals surface area (Å²) in [4.78, 5) is 34.7. The van der Waals surface area contributed by atoms with Crippen molar-refractivity contribution in [2.24, 2.45) is 0 Å². The topological polar surface area (TPSA) is 84.5 Å². The number of hydrogen-bond acceptors (Lipinski definition) is 4. The summed E-state index contributed by atoms with van der Waals surface area (Å²) in [6.07, 6.45) is 0.708. The lowest BCUT2D eigenvalue weighted by molar-refractivity contribution is -0.149. The molecule has 1 atom stereocenters. The van der Waals surface area contributed by atoms with Gasteiger partial charge in [0.1, 0.15) is 6.04 Å². The van der Waals surface area contributed by atoms with Crippen LogP contribution in [-0.2, 0) is 19.1 Å². The minimum absolute atomic E-state index is 0.176. The molecule has 25 heavy (non-hydrogen) atoms. The van der Waals surface area contributed by atoms with Crippen molar-refractivity contribution in [1.82, 2.24) is 5.32 Å². The van der Waals surface area contributed by atoms with Crippen LogP contribution >= 0.6 is 0 Å². The van der Waals surface area contributed by atoms with Gasteiger partial charge in [-0.25, -0.2) is 4.79 Å². The molecule has 2 aromatic rings. The van der Waals surface area contributed by atoms with Gasteiger partial charge < -0.3 is 15.4 Å². The van der Waals surface area contributed by atoms with Crippen molar-refractivity contribution in [3.05, 3.63) is 54.6 Å². The summed E-state index contributed by atoms with van der Waals surface area (Å²) in [5.74, 6) is -1.18. The molecule has 2 amide bonds. The number of ether oxygens (including phenoxy) is 1. The van der Waals surface area contributed by atoms with Gasteiger partial charge in [0, 0.05) is 12.1 Å². The number of carbonyl (C=O) groups excluding carboxylic acids is 3. The SMILES string of the molecule is O=C(COC(=O)[C@H]1CCC(=O)N1)Nc1ccc(-c2ccccc2)cc1. The quantitative estimate of drug-likeness (QED) is 0.818. The van der Waals surface area contributed by atoms with Crippen LogP contribution in [0.2, 0.25) is 0 Å². The molecule has 0 bridgehead atoms. The zero-order valence-electron chi connectivity index (χ0n) is 13.5. The highest BCUT2D eigenvalue weighted by Crippen LogP contribution is 2.20. The number of amides is 2. The van der Waals surface area contributed by atoms with E-state index < -0.39 is 17.9 Å². The number of anilines is 1. The number of hydrogen-bond donors (Lipinski definition) is 2. The van der Waals surface area contributed by atoms with Gasteiger partial charge >= 0.3 is 5.97 Å². The third-order valence-corrected chi connectivity index (χ3v) is 3.90. The van der Waals surface area contributed by atoms with Gasteiger partial charge in [-0.05, 0) is 29.7 Å². The molecule has 1 fully saturated rings. The molecule has 0 radical (unpaired) electrons. The first kappa shape index (κ1) is 16.7. The molecule has 1 aliphatic heterocycles. The van der Waals surface area contributed by atoms with Gasteiger partial charge in [-0.1, -0.05) is 42.5 Å². The number of benzene rings is 2. The highest BCUT2D eigenvalue weighted by atomic mass is 16.5. The summed E-state index contributed by atoms with van der Waals surface area (Å²) in [5, 5.41) is 5.18. The van der Waals surface area contributed by atoms with Gasteiger partial charge in [0.2, 0.25) is 5.91 Å². The van der Waals surface area contributed by atoms with Gasteiger partial charge in [0.15, 0.2) is 6.61 Å². The van der Waals surface area contributed by atoms with Crippen LogP contribution in [0.5, 0.6) is 0 Å². The second-order valence-corrected chi connectivity index (χ2v) is 5.76. The minimum atomic E-state index is -0.648. The maximum Gasteiger partial charge on any atom is 0.329 e. The van der Waals surface area contributed by atoms with Crippen LogP contribution in [-0.4, -0.2) is 30.4 Å². The van der Waals surface area contributed by atoms with E-state index in [0.717, 1.165) is 11.1 Å². The van der Waals surface area contributed by atoms with Crippen molar-refractivity contribution in [1.29, 1.82) is 0 Å². The Bertz CT molecular complexity index is 772. The molecule has 0 aliphatic carbocycles. The van der Waals surface area contributed by atoms with Gasteiger partial charge in [-0.15, -0.1) is 0 Å². The summed E-state index contributed by atoms with van der Waals surface area (Å²) in [7, 11) is 0. The molecule has 2 aromatic carbocycles. The van der Waals surface area contributed by atoms with Crippen molar-refractivity contribution in [2.45, 2.75) is 18.9 Å². The average molecular weight is 338 g/mol. The van der Waals surface area contributed by atoms with Crippen molar-refractivity contribution in [3.8, 4) is 11.1 Å². The summed E-state index contributed by atoms with van der Waals surface area (Å²) < 4.78 is 4.94. The molecule has 0 spiro atoms. The first-order valence-electron chi connectivity index (χ1n) is 8.03. The van der Waals surface area contributed by atoms with Crippen molar-refractivity contribution < 1.29 is 19.1 Å². The monoisotopic (exact) mass is 338 g/mol. The van der Waals surface area contributed by atoms with Crippen LogP contribution in [0, 0.1) is 0 Å². The molecule has 0 saturated carbocycles. The molecule has 1 aliphatic rings. The second-order valence-electron chi connectivity index (χ2n) is 5.76. The minimum Gasteiger partial charge on any atom is -0.454 e. The lowest BCUT2D eigenvalue weighted by Crippen LogP contribution is -2.36. The summed E-state index contributed by atoms with van der Waals surface area (Å²) in [6.45, 7) is -0.383. The first-order chi connectivity index (χ1) is 12.1. The highest BCUT2D eigenvalue weighted by molar-refractivity contribution is 5.94. The van der Waals surface area contributed by atoms with Crippen LogP contribution in [0.4, 0.5) is 5.69 Å². The van der Waals surface area contributed by atoms with Crippen LogP contribution in [0.15, 0.2) is 54.6 Å². The van der Waals surface area contributed by atoms with Crippen LogP contribution < -0.4 is 10.6 Å². The van der Waals surface area contributed by atoms with E-state index in [0.29, 0.717) is 18.5 Å². The van der Waals surface area contributed by atoms with Gasteiger partial charge in [0.25, 0.3) is 5.91 Å². The fraction of sp³-hybridized carbons (Fsp3) is 0.211. The Balaban J connectivity index is 1.49. The van der Waals surface area contributed by atoms with E-state index in [4.69, 9.17) is 4.74 Å². The largest absolute Gasteiger partial charge is 0.454 e. The fourth-order valence-corrected chi connectivity index (χ4v) is 2.60. The van der Waals surface area contributed by atoms with Crippen LogP contribution in [0.1, 0.15) is 12.8 Å². The molecule has 6 nitrogen and oxygen atoms in total. The van der Waals surface area contributed by atoms with E-state index >= 15 is 0 Å². The van der Waals surface area contributed by atoms with E-state index in [1.54, 1.807) is 12.1 Å². The van der Waals surface area contributed by atoms with E-state index in [1.165, 1.54) is 0 Å². The molecule has 128 valence electrons. The predicted molar refractivity (Wildman–Crippen MR) is 92.6 cm³/mol. The maximum atomic E-state index is 11.9. The molecule has 1 heterocycles. The molecular weight excluding hydrogens is 320 g/mol. The lowest BCUT2D eigenvalue weighted by atomic mass is 10.1. The normalized spacial score (nSPS) is 16.2. The Morgan fingerprint density at radius 3 is 2.36 bits per heavy atom. The predicted octanol–water partition coefficient (Wildman–Crippen LogP) is 2.11. The standard InChI is InChI=1S/C19H18N2O4/c22-17-11-10-16(21-17)19(24)25-12-18(23)20-15-8-6-14(7-9-15)13-4-2-1-3-5-13/h1-9,16H,10-12H2,(H,20,23)(H,21,22)/t16-/m1/s1. The summed E-state index contributed by atoms with van der Waals surface area (Å²) in [6, 6.07) is 16.7. The van der Waals surface area contributed by atoms with E-state index in [-0.39, 0.29) is 12.5 Å². The maximum absolute atomic E-state index is 11.9. The number of carbonyl (C=O) groups is 3. The Kier molecular flexibility index (Phi) is 5.09. The third-order valence-electron chi connectivity index (χ3n) is 3.90. The second kappa shape index (κ2) is 7.61. The van der Waals surface area contributed by atoms with Crippen LogP contribution in [0.25, 0.3) is 11.1 Å². The van der Waals surface area contributed by atoms with E-state index in [2.05, 4.69) is 10.6 Å². The van der Waals surface area contributed by atoms with Gasteiger partial charge in [-0.3, -0.25) is 9.59 Å². The number of esters is 1. The zero-order valence-corrected chi connectivity index (χ0v) is 13.5. The lowest BCUT2D eigenvalue weighted by Gasteiger charge is -2.10. The molecule has 1 saturated heterocycles.